The highest BCUT2D eigenvalue weighted by molar-refractivity contribution is 5.74. The van der Waals surface area contributed by atoms with Crippen LogP contribution in [0.25, 0.3) is 0 Å². The second-order valence-electron chi connectivity index (χ2n) is 8.55. The van der Waals surface area contributed by atoms with Crippen LogP contribution in [0.1, 0.15) is 54.4 Å². The number of rotatable bonds is 6. The van der Waals surface area contributed by atoms with Crippen LogP contribution in [0.15, 0.2) is 0 Å². The minimum Gasteiger partial charge on any atom is -0.465 e. The Bertz CT molecular complexity index is 497. The van der Waals surface area contributed by atoms with Gasteiger partial charge in [0.25, 0.3) is 6.10 Å². The summed E-state index contributed by atoms with van der Waals surface area (Å²) in [6.45, 7) is 10.5. The quantitative estimate of drug-likeness (QED) is 0.456. The van der Waals surface area contributed by atoms with E-state index in [9.17, 15) is 35.9 Å². The Morgan fingerprint density at radius 1 is 0.852 bits per heavy atom. The first-order valence-corrected chi connectivity index (χ1v) is 8.24. The van der Waals surface area contributed by atoms with Gasteiger partial charge in [-0.3, -0.25) is 9.59 Å². The average molecular weight is 408 g/mol. The monoisotopic (exact) mass is 408 g/mol. The van der Waals surface area contributed by atoms with Gasteiger partial charge in [-0.25, -0.2) is 0 Å². The minimum atomic E-state index is -5.78. The summed E-state index contributed by atoms with van der Waals surface area (Å²) in [5, 5.41) is 0. The van der Waals surface area contributed by atoms with Gasteiger partial charge in [0.15, 0.2) is 0 Å². The molecule has 0 spiro atoms. The average Bonchev–Trinajstić information content (AvgIpc) is 2.37. The van der Waals surface area contributed by atoms with E-state index in [0.717, 1.165) is 0 Å². The lowest BCUT2D eigenvalue weighted by molar-refractivity contribution is -0.313. The lowest BCUT2D eigenvalue weighted by Crippen LogP contribution is -2.45. The molecule has 0 aliphatic heterocycles. The molecule has 0 N–H and O–H groups in total. The van der Waals surface area contributed by atoms with Crippen LogP contribution in [0.2, 0.25) is 0 Å². The molecule has 0 radical (unpaired) electrons. The Kier molecular flexibility index (Phi) is 8.21. The maximum atomic E-state index is 12.3. The van der Waals surface area contributed by atoms with Crippen molar-refractivity contribution in [3.05, 3.63) is 0 Å². The van der Waals surface area contributed by atoms with Crippen molar-refractivity contribution in [1.29, 1.82) is 0 Å². The number of carbonyl (C=O) groups excluding carboxylic acids is 2. The van der Waals surface area contributed by atoms with Gasteiger partial charge in [0, 0.05) is 0 Å². The van der Waals surface area contributed by atoms with Crippen LogP contribution < -0.4 is 0 Å². The fourth-order valence-corrected chi connectivity index (χ4v) is 2.20. The molecule has 0 aromatic heterocycles. The molecule has 1 unspecified atom stereocenters. The van der Waals surface area contributed by atoms with Crippen molar-refractivity contribution >= 4 is 11.9 Å². The van der Waals surface area contributed by atoms with Gasteiger partial charge in [-0.05, 0) is 17.3 Å². The van der Waals surface area contributed by atoms with E-state index in [1.807, 2.05) is 20.8 Å². The Morgan fingerprint density at radius 3 is 1.63 bits per heavy atom. The zero-order chi connectivity index (χ0) is 21.8. The van der Waals surface area contributed by atoms with Crippen LogP contribution in [0.4, 0.5) is 26.3 Å². The predicted molar refractivity (Wildman–Crippen MR) is 84.6 cm³/mol. The molecule has 0 rings (SSSR count). The number of esters is 2. The van der Waals surface area contributed by atoms with E-state index in [1.165, 1.54) is 0 Å². The summed E-state index contributed by atoms with van der Waals surface area (Å²) in [6.07, 6.45) is -16.2. The zero-order valence-corrected chi connectivity index (χ0v) is 16.2. The molecule has 0 saturated heterocycles. The largest absolute Gasteiger partial charge is 0.465 e. The summed E-state index contributed by atoms with van der Waals surface area (Å²) >= 11 is 0. The fourth-order valence-electron chi connectivity index (χ4n) is 2.20. The molecule has 0 bridgehead atoms. The van der Waals surface area contributed by atoms with Crippen molar-refractivity contribution < 1.29 is 45.4 Å². The fraction of sp³-hybridized carbons (Fsp3) is 0.882. The van der Waals surface area contributed by atoms with E-state index in [2.05, 4.69) is 4.74 Å². The van der Waals surface area contributed by atoms with E-state index in [4.69, 9.17) is 4.74 Å². The van der Waals surface area contributed by atoms with Gasteiger partial charge < -0.3 is 9.47 Å². The second-order valence-corrected chi connectivity index (χ2v) is 8.55. The first-order valence-electron chi connectivity index (χ1n) is 8.24. The first-order chi connectivity index (χ1) is 11.7. The molecule has 0 amide bonds. The topological polar surface area (TPSA) is 52.6 Å². The minimum absolute atomic E-state index is 0.220. The SMILES string of the molecule is CC(C)(C)CC(C(=O)OCCC(=O)OC(C(F)(F)F)C(F)(F)F)C(C)(C)C. The Morgan fingerprint density at radius 2 is 1.30 bits per heavy atom. The van der Waals surface area contributed by atoms with Gasteiger partial charge in [-0.15, -0.1) is 0 Å². The van der Waals surface area contributed by atoms with Crippen molar-refractivity contribution in [2.45, 2.75) is 72.8 Å². The van der Waals surface area contributed by atoms with Crippen molar-refractivity contribution in [1.82, 2.24) is 0 Å². The lowest BCUT2D eigenvalue weighted by Gasteiger charge is -2.33. The van der Waals surface area contributed by atoms with Crippen LogP contribution in [-0.4, -0.2) is 37.0 Å². The number of carbonyl (C=O) groups is 2. The number of ether oxygens (including phenoxy) is 2. The summed E-state index contributed by atoms with van der Waals surface area (Å²) < 4.78 is 82.4. The van der Waals surface area contributed by atoms with Gasteiger partial charge in [0.1, 0.15) is 6.61 Å². The molecule has 0 fully saturated rings. The molecule has 0 aliphatic carbocycles. The summed E-state index contributed by atoms with van der Waals surface area (Å²) in [4.78, 5) is 23.6. The Labute approximate surface area is 154 Å². The van der Waals surface area contributed by atoms with E-state index >= 15 is 0 Å². The Balaban J connectivity index is 4.80. The third kappa shape index (κ3) is 9.86. The summed E-state index contributed by atoms with van der Waals surface area (Å²) in [6, 6.07) is 0. The molecule has 0 aromatic carbocycles. The van der Waals surface area contributed by atoms with Crippen molar-refractivity contribution in [2.75, 3.05) is 6.61 Å². The molecule has 0 aliphatic rings. The number of hydrogen-bond donors (Lipinski definition) is 0. The highest BCUT2D eigenvalue weighted by atomic mass is 19.4. The summed E-state index contributed by atoms with van der Waals surface area (Å²) in [5.74, 6) is -2.99. The first kappa shape index (κ1) is 25.5. The number of alkyl halides is 6. The maximum Gasteiger partial charge on any atom is 0.434 e. The predicted octanol–water partition coefficient (Wildman–Crippen LogP) is 5.05. The zero-order valence-electron chi connectivity index (χ0n) is 16.2. The molecule has 1 atom stereocenters. The van der Waals surface area contributed by atoms with Gasteiger partial charge in [0.2, 0.25) is 0 Å². The molecular formula is C17H26F6O4. The van der Waals surface area contributed by atoms with Crippen LogP contribution in [0.5, 0.6) is 0 Å². The summed E-state index contributed by atoms with van der Waals surface area (Å²) in [5.41, 5.74) is -0.703. The van der Waals surface area contributed by atoms with Crippen LogP contribution in [0, 0.1) is 16.7 Å². The van der Waals surface area contributed by atoms with Gasteiger partial charge in [-0.2, -0.15) is 26.3 Å². The van der Waals surface area contributed by atoms with Gasteiger partial charge >= 0.3 is 24.3 Å². The number of hydrogen-bond acceptors (Lipinski definition) is 4. The van der Waals surface area contributed by atoms with Gasteiger partial charge in [-0.1, -0.05) is 41.5 Å². The normalized spacial score (nSPS) is 14.9. The molecule has 0 heterocycles. The van der Waals surface area contributed by atoms with E-state index < -0.39 is 54.8 Å². The van der Waals surface area contributed by atoms with Gasteiger partial charge in [0.05, 0.1) is 12.3 Å². The third-order valence-corrected chi connectivity index (χ3v) is 3.54. The van der Waals surface area contributed by atoms with E-state index in [0.29, 0.717) is 6.42 Å². The highest BCUT2D eigenvalue weighted by Gasteiger charge is 2.59. The molecule has 0 saturated carbocycles. The molecular weight excluding hydrogens is 382 g/mol. The molecule has 160 valence electrons. The smallest absolute Gasteiger partial charge is 0.434 e. The van der Waals surface area contributed by atoms with Crippen molar-refractivity contribution in [2.24, 2.45) is 16.7 Å². The molecule has 27 heavy (non-hydrogen) atoms. The van der Waals surface area contributed by atoms with E-state index in [1.54, 1.807) is 20.8 Å². The standard InChI is InChI=1S/C17H26F6O4/c1-14(2,3)9-10(15(4,5)6)12(25)26-8-7-11(24)27-13(16(18,19)20)17(21,22)23/h10,13H,7-9H2,1-6H3. The molecule has 4 nitrogen and oxygen atoms in total. The highest BCUT2D eigenvalue weighted by Crippen LogP contribution is 2.37. The van der Waals surface area contributed by atoms with Crippen LogP contribution in [-0.2, 0) is 19.1 Å². The summed E-state index contributed by atoms with van der Waals surface area (Å²) in [7, 11) is 0. The van der Waals surface area contributed by atoms with Crippen molar-refractivity contribution in [3.8, 4) is 0 Å². The van der Waals surface area contributed by atoms with Crippen molar-refractivity contribution in [3.63, 3.8) is 0 Å². The second kappa shape index (κ2) is 8.68. The maximum absolute atomic E-state index is 12.3. The third-order valence-electron chi connectivity index (χ3n) is 3.54. The molecule has 10 heteroatoms. The van der Waals surface area contributed by atoms with Crippen LogP contribution >= 0.6 is 0 Å². The Hall–Kier alpha value is -1.48. The van der Waals surface area contributed by atoms with Crippen LogP contribution in [0.3, 0.4) is 0 Å². The number of halogens is 6. The lowest BCUT2D eigenvalue weighted by atomic mass is 9.72. The van der Waals surface area contributed by atoms with E-state index in [-0.39, 0.29) is 5.41 Å². The molecule has 0 aromatic rings.